The molecule has 0 unspecified atom stereocenters. The number of rotatable bonds is 6. The van der Waals surface area contributed by atoms with Gasteiger partial charge in [0.1, 0.15) is 6.10 Å². The van der Waals surface area contributed by atoms with Gasteiger partial charge in [-0.25, -0.2) is 18.1 Å². The Balaban J connectivity index is 1.92. The van der Waals surface area contributed by atoms with Gasteiger partial charge in [0.15, 0.2) is 11.6 Å². The standard InChI is InChI=1S/C14H22N4O4S/c1-17(2)14-12(5-4-7-15-14)22-11-6-8-18(10-11)13(19)9-16-23(3,20)21/h4-5,7,11,16H,6,8-10H2,1-3H3/t11-/m1/s1. The normalized spacial score (nSPS) is 18.0. The highest BCUT2D eigenvalue weighted by molar-refractivity contribution is 7.88. The van der Waals surface area contributed by atoms with Crippen LogP contribution in [0.4, 0.5) is 5.82 Å². The number of hydrogen-bond donors (Lipinski definition) is 1. The number of sulfonamides is 1. The van der Waals surface area contributed by atoms with Gasteiger partial charge in [-0.2, -0.15) is 0 Å². The van der Waals surface area contributed by atoms with Crippen molar-refractivity contribution in [1.29, 1.82) is 0 Å². The van der Waals surface area contributed by atoms with Crippen molar-refractivity contribution >= 4 is 21.7 Å². The fourth-order valence-corrected chi connectivity index (χ4v) is 2.73. The van der Waals surface area contributed by atoms with Crippen molar-refractivity contribution in [2.75, 3.05) is 44.9 Å². The summed E-state index contributed by atoms with van der Waals surface area (Å²) in [5.74, 6) is 1.16. The van der Waals surface area contributed by atoms with E-state index in [9.17, 15) is 13.2 Å². The van der Waals surface area contributed by atoms with E-state index >= 15 is 0 Å². The molecule has 0 saturated carbocycles. The summed E-state index contributed by atoms with van der Waals surface area (Å²) in [5, 5.41) is 0. The van der Waals surface area contributed by atoms with Gasteiger partial charge < -0.3 is 14.5 Å². The second-order valence-electron chi connectivity index (χ2n) is 5.68. The van der Waals surface area contributed by atoms with Crippen LogP contribution in [0.2, 0.25) is 0 Å². The minimum atomic E-state index is -3.37. The summed E-state index contributed by atoms with van der Waals surface area (Å²) >= 11 is 0. The quantitative estimate of drug-likeness (QED) is 0.762. The number of likely N-dealkylation sites (tertiary alicyclic amines) is 1. The third kappa shape index (κ3) is 5.07. The van der Waals surface area contributed by atoms with Crippen molar-refractivity contribution < 1.29 is 17.9 Å². The summed E-state index contributed by atoms with van der Waals surface area (Å²) in [5.41, 5.74) is 0. The summed E-state index contributed by atoms with van der Waals surface area (Å²) < 4.78 is 30.2. The number of ether oxygens (including phenoxy) is 1. The fraction of sp³-hybridized carbons (Fsp3) is 0.571. The molecule has 1 aliphatic rings. The first-order chi connectivity index (χ1) is 10.8. The molecule has 1 aromatic heterocycles. The Morgan fingerprint density at radius 2 is 2.26 bits per heavy atom. The third-order valence-corrected chi connectivity index (χ3v) is 4.12. The number of anilines is 1. The van der Waals surface area contributed by atoms with E-state index < -0.39 is 10.0 Å². The molecule has 1 aliphatic heterocycles. The first kappa shape index (κ1) is 17.5. The van der Waals surface area contributed by atoms with Gasteiger partial charge in [-0.15, -0.1) is 0 Å². The number of amides is 1. The van der Waals surface area contributed by atoms with Crippen LogP contribution in [-0.4, -0.2) is 70.3 Å². The number of pyridine rings is 1. The summed E-state index contributed by atoms with van der Waals surface area (Å²) in [7, 11) is 0.402. The lowest BCUT2D eigenvalue weighted by atomic mass is 10.3. The van der Waals surface area contributed by atoms with Crippen LogP contribution in [0.25, 0.3) is 0 Å². The molecule has 23 heavy (non-hydrogen) atoms. The maximum atomic E-state index is 12.0. The Bertz CT molecular complexity index is 662. The third-order valence-electron chi connectivity index (χ3n) is 3.45. The van der Waals surface area contributed by atoms with Crippen LogP contribution in [0.3, 0.4) is 0 Å². The zero-order chi connectivity index (χ0) is 17.0. The smallest absolute Gasteiger partial charge is 0.237 e. The van der Waals surface area contributed by atoms with Crippen LogP contribution < -0.4 is 14.4 Å². The summed E-state index contributed by atoms with van der Waals surface area (Å²) in [4.78, 5) is 19.7. The number of hydrogen-bond acceptors (Lipinski definition) is 6. The van der Waals surface area contributed by atoms with Gasteiger partial charge in [0.2, 0.25) is 15.9 Å². The molecule has 1 saturated heterocycles. The average Bonchev–Trinajstić information content (AvgIpc) is 2.93. The van der Waals surface area contributed by atoms with Crippen LogP contribution >= 0.6 is 0 Å². The number of aromatic nitrogens is 1. The predicted molar refractivity (Wildman–Crippen MR) is 87.0 cm³/mol. The Labute approximate surface area is 136 Å². The largest absolute Gasteiger partial charge is 0.485 e. The number of carbonyl (C=O) groups is 1. The molecule has 2 heterocycles. The molecule has 0 aliphatic carbocycles. The van der Waals surface area contributed by atoms with Gasteiger partial charge in [0.05, 0.1) is 19.3 Å². The molecule has 1 aromatic rings. The van der Waals surface area contributed by atoms with Crippen LogP contribution in [0.15, 0.2) is 18.3 Å². The monoisotopic (exact) mass is 342 g/mol. The highest BCUT2D eigenvalue weighted by Crippen LogP contribution is 2.26. The number of nitrogens with one attached hydrogen (secondary N) is 1. The molecule has 0 bridgehead atoms. The predicted octanol–water partition coefficient (Wildman–Crippen LogP) is -0.323. The summed E-state index contributed by atoms with van der Waals surface area (Å²) in [6.45, 7) is 0.764. The Morgan fingerprint density at radius 1 is 1.52 bits per heavy atom. The molecule has 1 fully saturated rings. The first-order valence-corrected chi connectivity index (χ1v) is 9.17. The van der Waals surface area contributed by atoms with E-state index in [4.69, 9.17) is 4.74 Å². The lowest BCUT2D eigenvalue weighted by Gasteiger charge is -2.20. The van der Waals surface area contributed by atoms with E-state index in [0.29, 0.717) is 25.3 Å². The molecule has 0 radical (unpaired) electrons. The van der Waals surface area contributed by atoms with E-state index in [1.165, 1.54) is 0 Å². The van der Waals surface area contributed by atoms with E-state index in [1.54, 1.807) is 17.2 Å². The molecule has 0 aromatic carbocycles. The molecule has 1 N–H and O–H groups in total. The fourth-order valence-electron chi connectivity index (χ4n) is 2.35. The Kier molecular flexibility index (Phi) is 5.42. The molecule has 2 rings (SSSR count). The number of nitrogens with zero attached hydrogens (tertiary/aromatic N) is 3. The van der Waals surface area contributed by atoms with E-state index in [2.05, 4.69) is 9.71 Å². The SMILES string of the molecule is CN(C)c1ncccc1O[C@@H]1CCN(C(=O)CNS(C)(=O)=O)C1. The number of carbonyl (C=O) groups excluding carboxylic acids is 1. The van der Waals surface area contributed by atoms with Crippen molar-refractivity contribution in [2.45, 2.75) is 12.5 Å². The first-order valence-electron chi connectivity index (χ1n) is 7.27. The highest BCUT2D eigenvalue weighted by atomic mass is 32.2. The van der Waals surface area contributed by atoms with Gasteiger partial charge in [0, 0.05) is 33.3 Å². The Hall–Kier alpha value is -1.87. The van der Waals surface area contributed by atoms with E-state index in [1.807, 2.05) is 25.1 Å². The zero-order valence-corrected chi connectivity index (χ0v) is 14.3. The van der Waals surface area contributed by atoms with E-state index in [-0.39, 0.29) is 18.6 Å². The second-order valence-corrected chi connectivity index (χ2v) is 7.51. The minimum absolute atomic E-state index is 0.125. The Morgan fingerprint density at radius 3 is 2.91 bits per heavy atom. The second kappa shape index (κ2) is 7.14. The van der Waals surface area contributed by atoms with E-state index in [0.717, 1.165) is 12.1 Å². The maximum absolute atomic E-state index is 12.0. The van der Waals surface area contributed by atoms with Crippen LogP contribution in [0.1, 0.15) is 6.42 Å². The van der Waals surface area contributed by atoms with Crippen molar-refractivity contribution in [3.63, 3.8) is 0 Å². The van der Waals surface area contributed by atoms with Gasteiger partial charge in [0.25, 0.3) is 0 Å². The summed E-state index contributed by atoms with van der Waals surface area (Å²) in [6, 6.07) is 3.65. The van der Waals surface area contributed by atoms with Crippen molar-refractivity contribution in [3.05, 3.63) is 18.3 Å². The van der Waals surface area contributed by atoms with Crippen LogP contribution in [-0.2, 0) is 14.8 Å². The van der Waals surface area contributed by atoms with Gasteiger partial charge in [-0.1, -0.05) is 0 Å². The molecular formula is C14H22N4O4S. The van der Waals surface area contributed by atoms with Crippen LogP contribution in [0.5, 0.6) is 5.75 Å². The molecule has 9 heteroatoms. The molecule has 8 nitrogen and oxygen atoms in total. The van der Waals surface area contributed by atoms with Crippen molar-refractivity contribution in [1.82, 2.24) is 14.6 Å². The minimum Gasteiger partial charge on any atom is -0.485 e. The average molecular weight is 342 g/mol. The van der Waals surface area contributed by atoms with Crippen LogP contribution in [0, 0.1) is 0 Å². The lowest BCUT2D eigenvalue weighted by Crippen LogP contribution is -2.39. The summed E-state index contributed by atoms with van der Waals surface area (Å²) in [6.07, 6.45) is 3.30. The van der Waals surface area contributed by atoms with Gasteiger partial charge >= 0.3 is 0 Å². The van der Waals surface area contributed by atoms with Gasteiger partial charge in [-0.3, -0.25) is 4.79 Å². The maximum Gasteiger partial charge on any atom is 0.237 e. The molecule has 1 atom stereocenters. The van der Waals surface area contributed by atoms with Crippen molar-refractivity contribution in [2.24, 2.45) is 0 Å². The molecule has 128 valence electrons. The highest BCUT2D eigenvalue weighted by Gasteiger charge is 2.28. The molecule has 1 amide bonds. The lowest BCUT2D eigenvalue weighted by molar-refractivity contribution is -0.129. The zero-order valence-electron chi connectivity index (χ0n) is 13.5. The molecular weight excluding hydrogens is 320 g/mol. The topological polar surface area (TPSA) is 91.8 Å². The van der Waals surface area contributed by atoms with Gasteiger partial charge in [-0.05, 0) is 12.1 Å². The molecule has 0 spiro atoms. The van der Waals surface area contributed by atoms with Crippen molar-refractivity contribution in [3.8, 4) is 5.75 Å².